The number of likely N-dealkylation sites (tertiary alicyclic amines) is 1. The van der Waals surface area contributed by atoms with Crippen LogP contribution in [0.25, 0.3) is 0 Å². The van der Waals surface area contributed by atoms with Crippen LogP contribution in [0, 0.1) is 11.8 Å². The molecule has 1 aromatic rings. The fraction of sp³-hybridized carbons (Fsp3) is 0.471. The van der Waals surface area contributed by atoms with Crippen molar-refractivity contribution in [2.24, 2.45) is 11.8 Å². The van der Waals surface area contributed by atoms with Gasteiger partial charge in [-0.25, -0.2) is 0 Å². The van der Waals surface area contributed by atoms with Crippen molar-refractivity contribution >= 4 is 17.8 Å². The molecule has 2 rings (SSSR count). The summed E-state index contributed by atoms with van der Waals surface area (Å²) < 4.78 is 0. The molecule has 6 heteroatoms. The second-order valence-corrected chi connectivity index (χ2v) is 5.95. The van der Waals surface area contributed by atoms with Gasteiger partial charge in [0.05, 0.1) is 5.92 Å². The lowest BCUT2D eigenvalue weighted by atomic mass is 9.99. The number of nitrogens with one attached hydrogen (secondary N) is 1. The van der Waals surface area contributed by atoms with Gasteiger partial charge in [-0.2, -0.15) is 0 Å². The van der Waals surface area contributed by atoms with Gasteiger partial charge in [-0.05, 0) is 24.5 Å². The highest BCUT2D eigenvalue weighted by atomic mass is 16.4. The number of hydrogen-bond donors (Lipinski definition) is 2. The van der Waals surface area contributed by atoms with Crippen molar-refractivity contribution in [1.29, 1.82) is 0 Å². The second-order valence-electron chi connectivity index (χ2n) is 5.95. The van der Waals surface area contributed by atoms with Gasteiger partial charge in [-0.15, -0.1) is 0 Å². The summed E-state index contributed by atoms with van der Waals surface area (Å²) in [5.74, 6) is -1.54. The zero-order valence-corrected chi connectivity index (χ0v) is 13.2. The van der Waals surface area contributed by atoms with E-state index in [1.807, 2.05) is 13.0 Å². The monoisotopic (exact) mass is 318 g/mol. The summed E-state index contributed by atoms with van der Waals surface area (Å²) in [7, 11) is 0. The number of rotatable bonds is 6. The zero-order valence-electron chi connectivity index (χ0n) is 13.2. The highest BCUT2D eigenvalue weighted by molar-refractivity contribution is 5.94. The lowest BCUT2D eigenvalue weighted by Gasteiger charge is -2.15. The van der Waals surface area contributed by atoms with Crippen LogP contribution < -0.4 is 5.32 Å². The largest absolute Gasteiger partial charge is 0.481 e. The molecule has 2 atom stereocenters. The number of aliphatic carboxylic acids is 1. The van der Waals surface area contributed by atoms with Gasteiger partial charge in [0.1, 0.15) is 0 Å². The summed E-state index contributed by atoms with van der Waals surface area (Å²) in [6.45, 7) is 3.05. The first-order valence-electron chi connectivity index (χ1n) is 7.83. The van der Waals surface area contributed by atoms with E-state index in [0.29, 0.717) is 31.5 Å². The van der Waals surface area contributed by atoms with Crippen LogP contribution in [0.1, 0.15) is 30.1 Å². The molecule has 2 amide bonds. The van der Waals surface area contributed by atoms with Crippen LogP contribution in [0.4, 0.5) is 0 Å². The molecule has 6 nitrogen and oxygen atoms in total. The predicted molar refractivity (Wildman–Crippen MR) is 84.9 cm³/mol. The van der Waals surface area contributed by atoms with Gasteiger partial charge in [0, 0.05) is 31.6 Å². The Labute approximate surface area is 135 Å². The maximum Gasteiger partial charge on any atom is 0.308 e. The predicted octanol–water partition coefficient (Wildman–Crippen LogP) is 1.38. The number of carbonyl (C=O) groups is 3. The first-order valence-corrected chi connectivity index (χ1v) is 7.83. The van der Waals surface area contributed by atoms with Gasteiger partial charge in [-0.3, -0.25) is 14.4 Å². The summed E-state index contributed by atoms with van der Waals surface area (Å²) in [5.41, 5.74) is 0.594. The number of benzene rings is 1. The molecule has 1 aliphatic rings. The number of hydrogen-bond acceptors (Lipinski definition) is 3. The molecule has 0 bridgehead atoms. The SMILES string of the molecule is C[C@@H]1CN(C(=O)CCCNC(=O)c2ccccc2)C[C@H]1C(=O)O. The van der Waals surface area contributed by atoms with Crippen LogP contribution in [0.15, 0.2) is 30.3 Å². The van der Waals surface area contributed by atoms with E-state index in [2.05, 4.69) is 5.32 Å². The van der Waals surface area contributed by atoms with Gasteiger partial charge in [0.25, 0.3) is 5.91 Å². The van der Waals surface area contributed by atoms with Crippen LogP contribution in [-0.2, 0) is 9.59 Å². The Kier molecular flexibility index (Phi) is 5.73. The minimum atomic E-state index is -0.845. The van der Waals surface area contributed by atoms with Crippen LogP contribution in [0.2, 0.25) is 0 Å². The lowest BCUT2D eigenvalue weighted by molar-refractivity contribution is -0.142. The molecule has 0 spiro atoms. The average molecular weight is 318 g/mol. The molecule has 0 aliphatic carbocycles. The standard InChI is InChI=1S/C17H22N2O4/c1-12-10-19(11-14(12)17(22)23)15(20)8-5-9-18-16(21)13-6-3-2-4-7-13/h2-4,6-7,12,14H,5,8-11H2,1H3,(H,18,21)(H,22,23)/t12-,14-/m1/s1. The van der Waals surface area contributed by atoms with E-state index < -0.39 is 11.9 Å². The van der Waals surface area contributed by atoms with E-state index in [9.17, 15) is 14.4 Å². The highest BCUT2D eigenvalue weighted by Crippen LogP contribution is 2.23. The maximum absolute atomic E-state index is 12.1. The Morgan fingerprint density at radius 3 is 2.52 bits per heavy atom. The highest BCUT2D eigenvalue weighted by Gasteiger charge is 2.36. The lowest BCUT2D eigenvalue weighted by Crippen LogP contribution is -2.31. The number of carbonyl (C=O) groups excluding carboxylic acids is 2. The molecule has 0 saturated carbocycles. The molecule has 1 heterocycles. The quantitative estimate of drug-likeness (QED) is 0.776. The normalized spacial score (nSPS) is 20.3. The van der Waals surface area contributed by atoms with E-state index in [1.165, 1.54) is 0 Å². The Bertz CT molecular complexity index is 573. The van der Waals surface area contributed by atoms with Crippen molar-refractivity contribution < 1.29 is 19.5 Å². The van der Waals surface area contributed by atoms with E-state index >= 15 is 0 Å². The molecule has 1 aromatic carbocycles. The second kappa shape index (κ2) is 7.76. The maximum atomic E-state index is 12.1. The van der Waals surface area contributed by atoms with Crippen molar-refractivity contribution in [3.8, 4) is 0 Å². The zero-order chi connectivity index (χ0) is 16.8. The summed E-state index contributed by atoms with van der Waals surface area (Å²) in [6.07, 6.45) is 0.855. The van der Waals surface area contributed by atoms with E-state index in [4.69, 9.17) is 5.11 Å². The van der Waals surface area contributed by atoms with Gasteiger partial charge >= 0.3 is 5.97 Å². The third kappa shape index (κ3) is 4.55. The third-order valence-corrected chi connectivity index (χ3v) is 4.17. The molecule has 0 aromatic heterocycles. The van der Waals surface area contributed by atoms with Crippen molar-refractivity contribution in [1.82, 2.24) is 10.2 Å². The van der Waals surface area contributed by atoms with Gasteiger partial charge in [0.2, 0.25) is 5.91 Å². The average Bonchev–Trinajstić information content (AvgIpc) is 2.94. The van der Waals surface area contributed by atoms with Crippen molar-refractivity contribution in [3.63, 3.8) is 0 Å². The van der Waals surface area contributed by atoms with Crippen LogP contribution in [0.3, 0.4) is 0 Å². The Hall–Kier alpha value is -2.37. The van der Waals surface area contributed by atoms with Gasteiger partial charge in [0.15, 0.2) is 0 Å². The van der Waals surface area contributed by atoms with E-state index in [-0.39, 0.29) is 24.3 Å². The van der Waals surface area contributed by atoms with Crippen molar-refractivity contribution in [3.05, 3.63) is 35.9 Å². The Morgan fingerprint density at radius 1 is 1.22 bits per heavy atom. The number of carboxylic acids is 1. The fourth-order valence-electron chi connectivity index (χ4n) is 2.78. The summed E-state index contributed by atoms with van der Waals surface area (Å²) in [5, 5.41) is 11.9. The molecular weight excluding hydrogens is 296 g/mol. The molecule has 0 unspecified atom stereocenters. The summed E-state index contributed by atoms with van der Waals surface area (Å²) >= 11 is 0. The molecule has 2 N–H and O–H groups in total. The Morgan fingerprint density at radius 2 is 1.91 bits per heavy atom. The van der Waals surface area contributed by atoms with Crippen molar-refractivity contribution in [2.45, 2.75) is 19.8 Å². The molecular formula is C17H22N2O4. The van der Waals surface area contributed by atoms with Crippen molar-refractivity contribution in [2.75, 3.05) is 19.6 Å². The van der Waals surface area contributed by atoms with E-state index in [1.54, 1.807) is 29.2 Å². The smallest absolute Gasteiger partial charge is 0.308 e. The molecule has 23 heavy (non-hydrogen) atoms. The van der Waals surface area contributed by atoms with E-state index in [0.717, 1.165) is 0 Å². The molecule has 0 radical (unpaired) electrons. The minimum absolute atomic E-state index is 0.0192. The third-order valence-electron chi connectivity index (χ3n) is 4.17. The minimum Gasteiger partial charge on any atom is -0.481 e. The van der Waals surface area contributed by atoms with Crippen LogP contribution >= 0.6 is 0 Å². The summed E-state index contributed by atoms with van der Waals surface area (Å²) in [4.78, 5) is 36.6. The number of nitrogens with zero attached hydrogens (tertiary/aromatic N) is 1. The van der Waals surface area contributed by atoms with Crippen LogP contribution in [0.5, 0.6) is 0 Å². The number of amides is 2. The van der Waals surface area contributed by atoms with Crippen LogP contribution in [-0.4, -0.2) is 47.4 Å². The molecule has 1 aliphatic heterocycles. The topological polar surface area (TPSA) is 86.7 Å². The first kappa shape index (κ1) is 17.0. The fourth-order valence-corrected chi connectivity index (χ4v) is 2.78. The molecule has 1 saturated heterocycles. The van der Waals surface area contributed by atoms with Gasteiger partial charge < -0.3 is 15.3 Å². The first-order chi connectivity index (χ1) is 11.0. The molecule has 1 fully saturated rings. The number of carboxylic acid groups (broad SMARTS) is 1. The van der Waals surface area contributed by atoms with Gasteiger partial charge in [-0.1, -0.05) is 25.1 Å². The summed E-state index contributed by atoms with van der Waals surface area (Å²) in [6, 6.07) is 8.91. The molecule has 124 valence electrons. The Balaban J connectivity index is 1.70.